The molecule has 0 spiro atoms. The van der Waals surface area contributed by atoms with Crippen LogP contribution in [-0.4, -0.2) is 39.2 Å². The van der Waals surface area contributed by atoms with Crippen LogP contribution in [0.1, 0.15) is 19.4 Å². The second kappa shape index (κ2) is 8.95. The second-order valence-corrected chi connectivity index (χ2v) is 9.40. The number of hydrogen-bond acceptors (Lipinski definition) is 5. The van der Waals surface area contributed by atoms with Gasteiger partial charge in [0.15, 0.2) is 0 Å². The molecule has 0 fully saturated rings. The third kappa shape index (κ3) is 4.82. The Morgan fingerprint density at radius 2 is 1.88 bits per heavy atom. The van der Waals surface area contributed by atoms with E-state index in [4.69, 9.17) is 0 Å². The first-order chi connectivity index (χ1) is 12.5. The molecule has 2 heterocycles. The van der Waals surface area contributed by atoms with E-state index < -0.39 is 0 Å². The van der Waals surface area contributed by atoms with Crippen molar-refractivity contribution in [3.05, 3.63) is 54.5 Å². The van der Waals surface area contributed by atoms with Crippen molar-refractivity contribution in [1.29, 1.82) is 0 Å². The molecule has 2 aromatic heterocycles. The summed E-state index contributed by atoms with van der Waals surface area (Å²) in [5.41, 5.74) is 5.11. The summed E-state index contributed by atoms with van der Waals surface area (Å²) < 4.78 is 7.81. The largest absolute Gasteiger partial charge is 0.291 e. The number of hydrogen-bond donors (Lipinski definition) is 1. The lowest BCUT2D eigenvalue weighted by Crippen LogP contribution is -2.15. The summed E-state index contributed by atoms with van der Waals surface area (Å²) in [4.78, 5) is 4.13. The molecule has 0 unspecified atom stereocenters. The van der Waals surface area contributed by atoms with Gasteiger partial charge < -0.3 is 0 Å². The molecular weight excluding hydrogens is 360 g/mol. The molecule has 3 rings (SSSR count). The van der Waals surface area contributed by atoms with E-state index in [1.165, 1.54) is 27.6 Å². The Morgan fingerprint density at radius 1 is 1.12 bits per heavy atom. The van der Waals surface area contributed by atoms with Gasteiger partial charge in [-0.25, -0.2) is 4.31 Å². The molecule has 4 nitrogen and oxygen atoms in total. The number of aromatic nitrogens is 2. The number of benzene rings is 1. The van der Waals surface area contributed by atoms with Gasteiger partial charge in [-0.1, -0.05) is 26.0 Å². The number of rotatable bonds is 8. The Morgan fingerprint density at radius 3 is 2.58 bits per heavy atom. The molecule has 0 atom stereocenters. The number of nitrogens with zero attached hydrogens (tertiary/aromatic N) is 3. The standard InChI is InChI=1S/C20H26N4S2/c1-15(2)25-24-14-18(9-12-22-26-23(3)4)19-6-5-17(13-20(19)24)16-7-10-21-11-8-16/h5-8,10-11,13-15,22H,9,12H2,1-4H3. The summed E-state index contributed by atoms with van der Waals surface area (Å²) in [6.45, 7) is 5.41. The summed E-state index contributed by atoms with van der Waals surface area (Å²) in [5.74, 6) is 0. The lowest BCUT2D eigenvalue weighted by molar-refractivity contribution is 0.690. The predicted octanol–water partition coefficient (Wildman–Crippen LogP) is 4.86. The molecule has 0 bridgehead atoms. The highest BCUT2D eigenvalue weighted by atomic mass is 32.2. The lowest BCUT2D eigenvalue weighted by Gasteiger charge is -2.08. The summed E-state index contributed by atoms with van der Waals surface area (Å²) in [6.07, 6.45) is 7.01. The van der Waals surface area contributed by atoms with Crippen molar-refractivity contribution < 1.29 is 0 Å². The topological polar surface area (TPSA) is 33.1 Å². The molecule has 0 aliphatic rings. The van der Waals surface area contributed by atoms with Gasteiger partial charge in [0.25, 0.3) is 0 Å². The number of pyridine rings is 1. The highest BCUT2D eigenvalue weighted by Gasteiger charge is 2.12. The monoisotopic (exact) mass is 386 g/mol. The quantitative estimate of drug-likeness (QED) is 0.441. The Hall–Kier alpha value is -1.47. The maximum Gasteiger partial charge on any atom is 0.0600 e. The molecule has 0 aliphatic heterocycles. The molecule has 0 saturated heterocycles. The van der Waals surface area contributed by atoms with Crippen LogP contribution in [0.5, 0.6) is 0 Å². The lowest BCUT2D eigenvalue weighted by atomic mass is 10.0. The highest BCUT2D eigenvalue weighted by molar-refractivity contribution is 7.98. The maximum atomic E-state index is 4.13. The summed E-state index contributed by atoms with van der Waals surface area (Å²) >= 11 is 3.51. The Balaban J connectivity index is 1.91. The first kappa shape index (κ1) is 19.3. The Labute approximate surface area is 164 Å². The minimum absolute atomic E-state index is 0.533. The molecule has 1 N–H and O–H groups in total. The van der Waals surface area contributed by atoms with E-state index >= 15 is 0 Å². The smallest absolute Gasteiger partial charge is 0.0600 e. The van der Waals surface area contributed by atoms with Crippen LogP contribution in [0, 0.1) is 0 Å². The summed E-state index contributed by atoms with van der Waals surface area (Å²) in [7, 11) is 4.09. The van der Waals surface area contributed by atoms with E-state index in [1.807, 2.05) is 38.4 Å². The third-order valence-electron chi connectivity index (χ3n) is 3.94. The van der Waals surface area contributed by atoms with Crippen LogP contribution in [0.25, 0.3) is 22.0 Å². The van der Waals surface area contributed by atoms with Gasteiger partial charge >= 0.3 is 0 Å². The van der Waals surface area contributed by atoms with Gasteiger partial charge in [-0.3, -0.25) is 13.7 Å². The fraction of sp³-hybridized carbons (Fsp3) is 0.350. The zero-order chi connectivity index (χ0) is 18.5. The van der Waals surface area contributed by atoms with Gasteiger partial charge in [0.2, 0.25) is 0 Å². The van der Waals surface area contributed by atoms with Crippen LogP contribution >= 0.6 is 24.1 Å². The van der Waals surface area contributed by atoms with Crippen molar-refractivity contribution in [2.45, 2.75) is 25.5 Å². The molecule has 1 aromatic carbocycles. The fourth-order valence-electron chi connectivity index (χ4n) is 2.86. The minimum atomic E-state index is 0.533. The molecule has 0 radical (unpaired) electrons. The molecule has 26 heavy (non-hydrogen) atoms. The van der Waals surface area contributed by atoms with Crippen LogP contribution in [0.2, 0.25) is 0 Å². The van der Waals surface area contributed by atoms with Crippen molar-refractivity contribution in [1.82, 2.24) is 18.0 Å². The second-order valence-electron chi connectivity index (χ2n) is 6.65. The summed E-state index contributed by atoms with van der Waals surface area (Å²) in [6, 6.07) is 10.9. The van der Waals surface area contributed by atoms with Crippen LogP contribution in [0.4, 0.5) is 0 Å². The molecule has 3 aromatic rings. The van der Waals surface area contributed by atoms with Gasteiger partial charge in [0.1, 0.15) is 0 Å². The van der Waals surface area contributed by atoms with E-state index in [0.29, 0.717) is 5.25 Å². The van der Waals surface area contributed by atoms with E-state index in [2.05, 4.69) is 68.4 Å². The van der Waals surface area contributed by atoms with Gasteiger partial charge in [-0.05, 0) is 67.4 Å². The van der Waals surface area contributed by atoms with E-state index in [1.54, 1.807) is 12.1 Å². The Bertz CT molecular complexity index is 844. The highest BCUT2D eigenvalue weighted by Crippen LogP contribution is 2.31. The average molecular weight is 387 g/mol. The molecule has 0 amide bonds. The van der Waals surface area contributed by atoms with Gasteiger partial charge in [0, 0.05) is 47.9 Å². The van der Waals surface area contributed by atoms with Gasteiger partial charge in [-0.15, -0.1) is 0 Å². The summed E-state index contributed by atoms with van der Waals surface area (Å²) in [5, 5.41) is 1.87. The molecule has 0 aliphatic carbocycles. The van der Waals surface area contributed by atoms with Crippen molar-refractivity contribution in [2.75, 3.05) is 20.6 Å². The third-order valence-corrected chi connectivity index (χ3v) is 5.59. The first-order valence-corrected chi connectivity index (χ1v) is 10.4. The normalized spacial score (nSPS) is 11.8. The van der Waals surface area contributed by atoms with E-state index in [9.17, 15) is 0 Å². The number of nitrogens with one attached hydrogen (secondary N) is 1. The maximum absolute atomic E-state index is 4.13. The van der Waals surface area contributed by atoms with Gasteiger partial charge in [0.05, 0.1) is 5.52 Å². The fourth-order valence-corrected chi connectivity index (χ4v) is 4.22. The van der Waals surface area contributed by atoms with Crippen LogP contribution in [-0.2, 0) is 6.42 Å². The molecule has 0 saturated carbocycles. The first-order valence-electron chi connectivity index (χ1n) is 8.83. The molecular formula is C20H26N4S2. The predicted molar refractivity (Wildman–Crippen MR) is 116 cm³/mol. The van der Waals surface area contributed by atoms with E-state index in [-0.39, 0.29) is 0 Å². The van der Waals surface area contributed by atoms with Crippen molar-refractivity contribution in [3.8, 4) is 11.1 Å². The number of fused-ring (bicyclic) bond motifs is 1. The van der Waals surface area contributed by atoms with Crippen LogP contribution in [0.3, 0.4) is 0 Å². The minimum Gasteiger partial charge on any atom is -0.291 e. The van der Waals surface area contributed by atoms with Crippen molar-refractivity contribution >= 4 is 35.0 Å². The Kier molecular flexibility index (Phi) is 6.64. The molecule has 138 valence electrons. The van der Waals surface area contributed by atoms with Gasteiger partial charge in [-0.2, -0.15) is 0 Å². The van der Waals surface area contributed by atoms with Crippen molar-refractivity contribution in [2.24, 2.45) is 0 Å². The zero-order valence-electron chi connectivity index (χ0n) is 15.8. The van der Waals surface area contributed by atoms with Crippen molar-refractivity contribution in [3.63, 3.8) is 0 Å². The molecule has 6 heteroatoms. The SMILES string of the molecule is CC(C)Sn1cc(CCNSN(C)C)c2ccc(-c3ccncc3)cc21. The zero-order valence-corrected chi connectivity index (χ0v) is 17.4. The average Bonchev–Trinajstić information content (AvgIpc) is 2.96. The van der Waals surface area contributed by atoms with Crippen LogP contribution in [0.15, 0.2) is 48.9 Å². The van der Waals surface area contributed by atoms with Crippen LogP contribution < -0.4 is 4.72 Å². The van der Waals surface area contributed by atoms with E-state index in [0.717, 1.165) is 13.0 Å².